The molecule has 2 heterocycles. The number of rotatable bonds is 4. The van der Waals surface area contributed by atoms with Crippen molar-refractivity contribution in [2.45, 2.75) is 58.1 Å². The SMILES string of the molecule is Cc1c(C(CC(=O)O)B2OC(C)(C)C(C)(C)O2)cnn1C. The normalized spacial score (nSPS) is 21.5. The molecule has 1 aliphatic rings. The Morgan fingerprint density at radius 1 is 1.38 bits per heavy atom. The zero-order valence-corrected chi connectivity index (χ0v) is 13.5. The van der Waals surface area contributed by atoms with Crippen LogP contribution in [0.15, 0.2) is 6.20 Å². The Balaban J connectivity index is 2.35. The highest BCUT2D eigenvalue weighted by Crippen LogP contribution is 2.42. The predicted molar refractivity (Wildman–Crippen MR) is 79.0 cm³/mol. The van der Waals surface area contributed by atoms with Crippen LogP contribution in [0.3, 0.4) is 0 Å². The molecule has 0 aromatic carbocycles. The van der Waals surface area contributed by atoms with Crippen LogP contribution >= 0.6 is 0 Å². The largest absolute Gasteiger partial charge is 0.481 e. The molecule has 1 N–H and O–H groups in total. The molecule has 6 nitrogen and oxygen atoms in total. The maximum Gasteiger partial charge on any atom is 0.466 e. The molecule has 1 saturated heterocycles. The molecule has 1 unspecified atom stereocenters. The van der Waals surface area contributed by atoms with E-state index in [9.17, 15) is 9.90 Å². The fourth-order valence-electron chi connectivity index (χ4n) is 2.47. The molecule has 0 spiro atoms. The van der Waals surface area contributed by atoms with Gasteiger partial charge in [0.15, 0.2) is 0 Å². The number of aryl methyl sites for hydroxylation is 1. The van der Waals surface area contributed by atoms with Crippen LogP contribution in [0.4, 0.5) is 0 Å². The van der Waals surface area contributed by atoms with Crippen LogP contribution in [0.25, 0.3) is 0 Å². The first-order valence-corrected chi connectivity index (χ1v) is 7.11. The molecule has 7 heteroatoms. The molecule has 1 aliphatic heterocycles. The van der Waals surface area contributed by atoms with Crippen LogP contribution in [0.5, 0.6) is 0 Å². The Morgan fingerprint density at radius 2 is 1.90 bits per heavy atom. The first-order chi connectivity index (χ1) is 9.55. The Morgan fingerprint density at radius 3 is 2.29 bits per heavy atom. The van der Waals surface area contributed by atoms with Gasteiger partial charge >= 0.3 is 13.1 Å². The van der Waals surface area contributed by atoms with Gasteiger partial charge in [0.1, 0.15) is 0 Å². The molecular formula is C14H23BN2O4. The van der Waals surface area contributed by atoms with Gasteiger partial charge in [0.2, 0.25) is 0 Å². The zero-order valence-electron chi connectivity index (χ0n) is 13.5. The van der Waals surface area contributed by atoms with Gasteiger partial charge in [0.25, 0.3) is 0 Å². The summed E-state index contributed by atoms with van der Waals surface area (Å²) in [6, 6.07) is 0. The molecule has 0 saturated carbocycles. The van der Waals surface area contributed by atoms with Crippen molar-refractivity contribution in [1.82, 2.24) is 9.78 Å². The number of aliphatic carboxylic acids is 1. The van der Waals surface area contributed by atoms with Crippen molar-refractivity contribution in [3.05, 3.63) is 17.5 Å². The first-order valence-electron chi connectivity index (χ1n) is 7.11. The zero-order chi connectivity index (χ0) is 16.0. The lowest BCUT2D eigenvalue weighted by molar-refractivity contribution is -0.137. The van der Waals surface area contributed by atoms with Crippen LogP contribution < -0.4 is 0 Å². The van der Waals surface area contributed by atoms with Crippen molar-refractivity contribution in [3.8, 4) is 0 Å². The predicted octanol–water partition coefficient (Wildman–Crippen LogP) is 1.92. The maximum absolute atomic E-state index is 11.2. The van der Waals surface area contributed by atoms with E-state index in [0.717, 1.165) is 11.3 Å². The summed E-state index contributed by atoms with van der Waals surface area (Å²) < 4.78 is 13.8. The topological polar surface area (TPSA) is 73.6 Å². The monoisotopic (exact) mass is 294 g/mol. The molecular weight excluding hydrogens is 271 g/mol. The lowest BCUT2D eigenvalue weighted by Crippen LogP contribution is -2.41. The van der Waals surface area contributed by atoms with E-state index >= 15 is 0 Å². The lowest BCUT2D eigenvalue weighted by atomic mass is 9.66. The van der Waals surface area contributed by atoms with E-state index in [1.807, 2.05) is 41.7 Å². The van der Waals surface area contributed by atoms with Crippen LogP contribution in [0.1, 0.15) is 51.2 Å². The van der Waals surface area contributed by atoms with Gasteiger partial charge in [-0.1, -0.05) is 0 Å². The molecule has 1 atom stereocenters. The maximum atomic E-state index is 11.2. The average Bonchev–Trinajstić information content (AvgIpc) is 2.75. The lowest BCUT2D eigenvalue weighted by Gasteiger charge is -2.32. The van der Waals surface area contributed by atoms with Gasteiger partial charge < -0.3 is 14.4 Å². The average molecular weight is 294 g/mol. The van der Waals surface area contributed by atoms with Crippen molar-refractivity contribution in [3.63, 3.8) is 0 Å². The van der Waals surface area contributed by atoms with Gasteiger partial charge in [-0.25, -0.2) is 0 Å². The van der Waals surface area contributed by atoms with Crippen molar-refractivity contribution in [2.24, 2.45) is 7.05 Å². The molecule has 116 valence electrons. The Bertz CT molecular complexity index is 537. The van der Waals surface area contributed by atoms with E-state index < -0.39 is 24.3 Å². The second-order valence-corrected chi connectivity index (χ2v) is 6.64. The van der Waals surface area contributed by atoms with Crippen molar-refractivity contribution < 1.29 is 19.2 Å². The molecule has 1 fully saturated rings. The second kappa shape index (κ2) is 5.14. The van der Waals surface area contributed by atoms with Crippen molar-refractivity contribution in [2.75, 3.05) is 0 Å². The minimum Gasteiger partial charge on any atom is -0.481 e. The molecule has 0 bridgehead atoms. The number of carbonyl (C=O) groups is 1. The van der Waals surface area contributed by atoms with E-state index in [-0.39, 0.29) is 12.2 Å². The fraction of sp³-hybridized carbons (Fsp3) is 0.714. The van der Waals surface area contributed by atoms with Gasteiger partial charge in [-0.15, -0.1) is 0 Å². The van der Waals surface area contributed by atoms with Crippen molar-refractivity contribution >= 4 is 13.1 Å². The van der Waals surface area contributed by atoms with Gasteiger partial charge in [-0.05, 0) is 40.2 Å². The third-order valence-corrected chi connectivity index (χ3v) is 4.67. The minimum absolute atomic E-state index is 0.0522. The molecule has 2 rings (SSSR count). The van der Waals surface area contributed by atoms with Gasteiger partial charge in [-0.3, -0.25) is 9.48 Å². The second-order valence-electron chi connectivity index (χ2n) is 6.64. The van der Waals surface area contributed by atoms with Crippen LogP contribution in [0, 0.1) is 6.92 Å². The highest BCUT2D eigenvalue weighted by molar-refractivity contribution is 6.48. The first kappa shape index (κ1) is 16.0. The van der Waals surface area contributed by atoms with E-state index in [2.05, 4.69) is 5.10 Å². The summed E-state index contributed by atoms with van der Waals surface area (Å²) in [4.78, 5) is 11.2. The van der Waals surface area contributed by atoms with Gasteiger partial charge in [-0.2, -0.15) is 5.10 Å². The highest BCUT2D eigenvalue weighted by Gasteiger charge is 2.54. The summed E-state index contributed by atoms with van der Waals surface area (Å²) in [5.41, 5.74) is 0.823. The van der Waals surface area contributed by atoms with Crippen LogP contribution in [0.2, 0.25) is 0 Å². The smallest absolute Gasteiger partial charge is 0.466 e. The summed E-state index contributed by atoms with van der Waals surface area (Å²) in [6.07, 6.45) is 1.65. The number of hydrogen-bond acceptors (Lipinski definition) is 4. The standard InChI is InChI=1S/C14H23BN2O4/c1-9-10(8-16-17(9)6)11(7-12(18)19)15-20-13(2,3)14(4,5)21-15/h8,11H,7H2,1-6H3,(H,18,19). The minimum atomic E-state index is -0.877. The summed E-state index contributed by atoms with van der Waals surface area (Å²) in [6.45, 7) is 9.76. The number of aromatic nitrogens is 2. The summed E-state index contributed by atoms with van der Waals surface area (Å²) in [7, 11) is 1.25. The summed E-state index contributed by atoms with van der Waals surface area (Å²) in [5, 5.41) is 13.4. The molecule has 0 aliphatic carbocycles. The van der Waals surface area contributed by atoms with Crippen LogP contribution in [-0.4, -0.2) is 39.2 Å². The van der Waals surface area contributed by atoms with Crippen LogP contribution in [-0.2, 0) is 21.2 Å². The number of nitrogens with zero attached hydrogens (tertiary/aromatic N) is 2. The highest BCUT2D eigenvalue weighted by atomic mass is 16.7. The quantitative estimate of drug-likeness (QED) is 0.859. The van der Waals surface area contributed by atoms with Gasteiger partial charge in [0, 0.05) is 18.6 Å². The molecule has 0 amide bonds. The van der Waals surface area contributed by atoms with E-state index in [0.29, 0.717) is 0 Å². The van der Waals surface area contributed by atoms with E-state index in [1.165, 1.54) is 0 Å². The number of carboxylic acids is 1. The summed E-state index contributed by atoms with van der Waals surface area (Å²) in [5.74, 6) is -1.25. The molecule has 1 aromatic rings. The third-order valence-electron chi connectivity index (χ3n) is 4.67. The number of hydrogen-bond donors (Lipinski definition) is 1. The van der Waals surface area contributed by atoms with E-state index in [4.69, 9.17) is 9.31 Å². The van der Waals surface area contributed by atoms with Gasteiger partial charge in [0.05, 0.1) is 23.8 Å². The number of carboxylic acid groups (broad SMARTS) is 1. The third kappa shape index (κ3) is 2.85. The molecule has 0 radical (unpaired) electrons. The summed E-state index contributed by atoms with van der Waals surface area (Å²) >= 11 is 0. The molecule has 21 heavy (non-hydrogen) atoms. The van der Waals surface area contributed by atoms with Crippen molar-refractivity contribution in [1.29, 1.82) is 0 Å². The molecule has 1 aromatic heterocycles. The van der Waals surface area contributed by atoms with E-state index in [1.54, 1.807) is 10.9 Å². The fourth-order valence-corrected chi connectivity index (χ4v) is 2.47. The Labute approximate surface area is 125 Å². The Hall–Kier alpha value is -1.34. The Kier molecular flexibility index (Phi) is 3.93.